The van der Waals surface area contributed by atoms with Crippen LogP contribution in [0.2, 0.25) is 0 Å². The first kappa shape index (κ1) is 15.8. The number of hydrogen-bond donors (Lipinski definition) is 2. The molecule has 0 amide bonds. The fourth-order valence-electron chi connectivity index (χ4n) is 1.93. The molecule has 0 saturated heterocycles. The number of hydrogen-bond acceptors (Lipinski definition) is 3. The van der Waals surface area contributed by atoms with Crippen LogP contribution in [0, 0.1) is 6.92 Å². The second-order valence-electron chi connectivity index (χ2n) is 5.34. The number of rotatable bonds is 5. The van der Waals surface area contributed by atoms with Crippen molar-refractivity contribution >= 4 is 11.6 Å². The molecule has 0 fully saturated rings. The summed E-state index contributed by atoms with van der Waals surface area (Å²) in [6.45, 7) is 6.47. The number of aliphatic imine (C=N–C) groups is 1. The molecular formula is C17H22N4O. The fourth-order valence-corrected chi connectivity index (χ4v) is 1.93. The van der Waals surface area contributed by atoms with Crippen LogP contribution in [0.3, 0.4) is 0 Å². The standard InChI is InChI=1S/C17H22N4O/c1-12(2)22-16-6-4-14(5-7-16)21-17(18)20-11-15-10-13(3)8-9-19-15/h4-10,12H,11H2,1-3H3,(H3,18,20,21). The van der Waals surface area contributed by atoms with E-state index in [9.17, 15) is 0 Å². The van der Waals surface area contributed by atoms with Gasteiger partial charge in [-0.25, -0.2) is 4.99 Å². The molecule has 0 aliphatic carbocycles. The van der Waals surface area contributed by atoms with Crippen LogP contribution < -0.4 is 15.8 Å². The van der Waals surface area contributed by atoms with Crippen molar-refractivity contribution in [2.24, 2.45) is 10.7 Å². The molecule has 22 heavy (non-hydrogen) atoms. The van der Waals surface area contributed by atoms with Gasteiger partial charge in [-0.15, -0.1) is 0 Å². The summed E-state index contributed by atoms with van der Waals surface area (Å²) in [5.41, 5.74) is 8.81. The van der Waals surface area contributed by atoms with E-state index in [1.165, 1.54) is 0 Å². The zero-order valence-corrected chi connectivity index (χ0v) is 13.2. The van der Waals surface area contributed by atoms with Gasteiger partial charge in [-0.2, -0.15) is 0 Å². The number of pyridine rings is 1. The summed E-state index contributed by atoms with van der Waals surface area (Å²) in [5.74, 6) is 1.20. The number of nitrogens with zero attached hydrogens (tertiary/aromatic N) is 2. The molecule has 116 valence electrons. The van der Waals surface area contributed by atoms with Crippen LogP contribution >= 0.6 is 0 Å². The Morgan fingerprint density at radius 3 is 2.64 bits per heavy atom. The van der Waals surface area contributed by atoms with Gasteiger partial charge < -0.3 is 15.8 Å². The van der Waals surface area contributed by atoms with Gasteiger partial charge >= 0.3 is 0 Å². The Morgan fingerprint density at radius 1 is 1.27 bits per heavy atom. The molecule has 0 saturated carbocycles. The number of nitrogens with two attached hydrogens (primary N) is 1. The number of anilines is 1. The molecule has 5 nitrogen and oxygen atoms in total. The summed E-state index contributed by atoms with van der Waals surface area (Å²) < 4.78 is 5.59. The van der Waals surface area contributed by atoms with Crippen LogP contribution in [-0.4, -0.2) is 17.0 Å². The summed E-state index contributed by atoms with van der Waals surface area (Å²) in [6, 6.07) is 11.6. The Balaban J connectivity index is 1.93. The van der Waals surface area contributed by atoms with Crippen molar-refractivity contribution in [2.45, 2.75) is 33.4 Å². The molecule has 2 rings (SSSR count). The highest BCUT2D eigenvalue weighted by Gasteiger charge is 2.00. The Kier molecular flexibility index (Phi) is 5.36. The van der Waals surface area contributed by atoms with E-state index < -0.39 is 0 Å². The van der Waals surface area contributed by atoms with Crippen molar-refractivity contribution in [3.8, 4) is 5.75 Å². The molecule has 0 aliphatic heterocycles. The molecule has 0 radical (unpaired) electrons. The Hall–Kier alpha value is -2.56. The highest BCUT2D eigenvalue weighted by atomic mass is 16.5. The van der Waals surface area contributed by atoms with Gasteiger partial charge in [0.05, 0.1) is 18.3 Å². The third-order valence-electron chi connectivity index (χ3n) is 2.88. The van der Waals surface area contributed by atoms with E-state index in [2.05, 4.69) is 15.3 Å². The number of aromatic nitrogens is 1. The van der Waals surface area contributed by atoms with Crippen molar-refractivity contribution in [1.82, 2.24) is 4.98 Å². The van der Waals surface area contributed by atoms with Gasteiger partial charge in [0.15, 0.2) is 5.96 Å². The smallest absolute Gasteiger partial charge is 0.193 e. The summed E-state index contributed by atoms with van der Waals surface area (Å²) >= 11 is 0. The second kappa shape index (κ2) is 7.45. The van der Waals surface area contributed by atoms with Crippen LogP contribution in [0.5, 0.6) is 5.75 Å². The number of ether oxygens (including phenoxy) is 1. The van der Waals surface area contributed by atoms with Gasteiger partial charge in [0.2, 0.25) is 0 Å². The Labute approximate surface area is 131 Å². The average molecular weight is 298 g/mol. The summed E-state index contributed by atoms with van der Waals surface area (Å²) in [4.78, 5) is 8.54. The second-order valence-corrected chi connectivity index (χ2v) is 5.34. The van der Waals surface area contributed by atoms with Gasteiger partial charge in [-0.05, 0) is 62.7 Å². The SMILES string of the molecule is Cc1ccnc(CN=C(N)Nc2ccc(OC(C)C)cc2)c1. The molecular weight excluding hydrogens is 276 g/mol. The zero-order chi connectivity index (χ0) is 15.9. The molecule has 5 heteroatoms. The predicted octanol–water partition coefficient (Wildman–Crippen LogP) is 3.10. The minimum Gasteiger partial charge on any atom is -0.491 e. The molecule has 2 aromatic rings. The summed E-state index contributed by atoms with van der Waals surface area (Å²) in [7, 11) is 0. The fraction of sp³-hybridized carbons (Fsp3) is 0.294. The highest BCUT2D eigenvalue weighted by Crippen LogP contribution is 2.16. The molecule has 0 unspecified atom stereocenters. The van der Waals surface area contributed by atoms with E-state index in [0.717, 1.165) is 22.7 Å². The Bertz CT molecular complexity index is 635. The largest absolute Gasteiger partial charge is 0.491 e. The quantitative estimate of drug-likeness (QED) is 0.657. The van der Waals surface area contributed by atoms with Crippen LogP contribution in [0.4, 0.5) is 5.69 Å². The van der Waals surface area contributed by atoms with Crippen molar-refractivity contribution in [1.29, 1.82) is 0 Å². The van der Waals surface area contributed by atoms with Crippen molar-refractivity contribution in [2.75, 3.05) is 5.32 Å². The summed E-state index contributed by atoms with van der Waals surface area (Å²) in [5, 5.41) is 3.05. The van der Waals surface area contributed by atoms with Gasteiger partial charge in [-0.3, -0.25) is 4.98 Å². The maximum Gasteiger partial charge on any atom is 0.193 e. The van der Waals surface area contributed by atoms with E-state index in [4.69, 9.17) is 10.5 Å². The maximum atomic E-state index is 5.89. The van der Waals surface area contributed by atoms with Crippen molar-refractivity contribution < 1.29 is 4.74 Å². The first-order valence-electron chi connectivity index (χ1n) is 7.28. The molecule has 0 atom stereocenters. The third-order valence-corrected chi connectivity index (χ3v) is 2.88. The monoisotopic (exact) mass is 298 g/mol. The minimum absolute atomic E-state index is 0.160. The minimum atomic E-state index is 0.160. The lowest BCUT2D eigenvalue weighted by Gasteiger charge is -2.10. The maximum absolute atomic E-state index is 5.89. The lowest BCUT2D eigenvalue weighted by atomic mass is 10.2. The molecule has 0 spiro atoms. The molecule has 1 aromatic carbocycles. The van der Waals surface area contributed by atoms with Crippen LogP contribution in [0.1, 0.15) is 25.1 Å². The molecule has 0 bridgehead atoms. The molecule has 3 N–H and O–H groups in total. The lowest BCUT2D eigenvalue weighted by molar-refractivity contribution is 0.242. The lowest BCUT2D eigenvalue weighted by Crippen LogP contribution is -2.22. The van der Waals surface area contributed by atoms with E-state index in [-0.39, 0.29) is 6.10 Å². The highest BCUT2D eigenvalue weighted by molar-refractivity contribution is 5.92. The molecule has 1 heterocycles. The average Bonchev–Trinajstić information content (AvgIpc) is 2.47. The first-order chi connectivity index (χ1) is 10.5. The zero-order valence-electron chi connectivity index (χ0n) is 13.2. The predicted molar refractivity (Wildman–Crippen MR) is 90.1 cm³/mol. The van der Waals surface area contributed by atoms with E-state index >= 15 is 0 Å². The van der Waals surface area contributed by atoms with E-state index in [0.29, 0.717) is 12.5 Å². The van der Waals surface area contributed by atoms with Crippen LogP contribution in [-0.2, 0) is 6.54 Å². The van der Waals surface area contributed by atoms with Gasteiger partial charge in [0, 0.05) is 11.9 Å². The van der Waals surface area contributed by atoms with Crippen LogP contribution in [0.15, 0.2) is 47.6 Å². The number of aryl methyl sites for hydroxylation is 1. The van der Waals surface area contributed by atoms with Gasteiger partial charge in [0.1, 0.15) is 5.75 Å². The normalized spacial score (nSPS) is 11.5. The van der Waals surface area contributed by atoms with E-state index in [1.807, 2.05) is 57.2 Å². The summed E-state index contributed by atoms with van der Waals surface area (Å²) in [6.07, 6.45) is 1.93. The number of nitrogens with one attached hydrogen (secondary N) is 1. The number of guanidine groups is 1. The molecule has 1 aromatic heterocycles. The Morgan fingerprint density at radius 2 is 2.00 bits per heavy atom. The molecule has 0 aliphatic rings. The van der Waals surface area contributed by atoms with Crippen molar-refractivity contribution in [3.63, 3.8) is 0 Å². The first-order valence-corrected chi connectivity index (χ1v) is 7.28. The van der Waals surface area contributed by atoms with Gasteiger partial charge in [-0.1, -0.05) is 0 Å². The van der Waals surface area contributed by atoms with Crippen molar-refractivity contribution in [3.05, 3.63) is 53.9 Å². The third kappa shape index (κ3) is 5.09. The number of benzene rings is 1. The van der Waals surface area contributed by atoms with Gasteiger partial charge in [0.25, 0.3) is 0 Å². The topological polar surface area (TPSA) is 72.5 Å². The van der Waals surface area contributed by atoms with E-state index in [1.54, 1.807) is 6.20 Å². The van der Waals surface area contributed by atoms with Crippen LogP contribution in [0.25, 0.3) is 0 Å².